The number of para-hydroxylation sites is 1. The van der Waals surface area contributed by atoms with Crippen molar-refractivity contribution in [2.45, 2.75) is 20.0 Å². The monoisotopic (exact) mass is 271 g/mol. The molecule has 0 bridgehead atoms. The van der Waals surface area contributed by atoms with E-state index >= 15 is 0 Å². The second-order valence-corrected chi connectivity index (χ2v) is 5.04. The smallest absolute Gasteiger partial charge is 0.119 e. The summed E-state index contributed by atoms with van der Waals surface area (Å²) >= 11 is 0. The van der Waals surface area contributed by atoms with Crippen molar-refractivity contribution in [3.8, 4) is 5.75 Å². The lowest BCUT2D eigenvalue weighted by atomic mass is 10.1. The highest BCUT2D eigenvalue weighted by atomic mass is 16.5. The molecule has 2 N–H and O–H groups in total. The lowest BCUT2D eigenvalue weighted by Gasteiger charge is -2.14. The Hall–Kier alpha value is -2.00. The van der Waals surface area contributed by atoms with Crippen LogP contribution in [0.4, 0.5) is 5.69 Å². The fraction of sp³-hybridized carbons (Fsp3) is 0.294. The summed E-state index contributed by atoms with van der Waals surface area (Å²) < 4.78 is 5.51. The molecule has 1 atom stereocenters. The number of aryl methyl sites for hydroxylation is 2. The largest absolute Gasteiger partial charge is 0.491 e. The third kappa shape index (κ3) is 4.59. The summed E-state index contributed by atoms with van der Waals surface area (Å²) in [6, 6.07) is 15.8. The van der Waals surface area contributed by atoms with E-state index in [0.717, 1.165) is 11.4 Å². The van der Waals surface area contributed by atoms with Crippen molar-refractivity contribution >= 4 is 5.69 Å². The van der Waals surface area contributed by atoms with Crippen molar-refractivity contribution in [1.82, 2.24) is 0 Å². The van der Waals surface area contributed by atoms with Crippen LogP contribution in [0, 0.1) is 13.8 Å². The van der Waals surface area contributed by atoms with Crippen LogP contribution in [-0.4, -0.2) is 24.4 Å². The van der Waals surface area contributed by atoms with Crippen molar-refractivity contribution in [2.75, 3.05) is 18.5 Å². The van der Waals surface area contributed by atoms with Crippen molar-refractivity contribution in [3.63, 3.8) is 0 Å². The van der Waals surface area contributed by atoms with Crippen LogP contribution < -0.4 is 10.1 Å². The molecule has 0 saturated carbocycles. The standard InChI is InChI=1S/C17H21NO2/c1-13-8-14(2)10-15(9-13)18-11-16(19)12-20-17-6-4-3-5-7-17/h3-10,16,18-19H,11-12H2,1-2H3. The molecule has 0 aromatic heterocycles. The minimum absolute atomic E-state index is 0.280. The number of hydrogen-bond acceptors (Lipinski definition) is 3. The van der Waals surface area contributed by atoms with E-state index in [0.29, 0.717) is 6.54 Å². The molecule has 0 fully saturated rings. The number of hydrogen-bond donors (Lipinski definition) is 2. The quantitative estimate of drug-likeness (QED) is 0.848. The highest BCUT2D eigenvalue weighted by Gasteiger charge is 2.05. The third-order valence-electron chi connectivity index (χ3n) is 2.95. The van der Waals surface area contributed by atoms with Gasteiger partial charge >= 0.3 is 0 Å². The van der Waals surface area contributed by atoms with Gasteiger partial charge in [-0.05, 0) is 49.2 Å². The van der Waals surface area contributed by atoms with E-state index in [1.165, 1.54) is 11.1 Å². The van der Waals surface area contributed by atoms with Gasteiger partial charge in [0.25, 0.3) is 0 Å². The Morgan fingerprint density at radius 3 is 2.35 bits per heavy atom. The topological polar surface area (TPSA) is 41.5 Å². The van der Waals surface area contributed by atoms with Crippen LogP contribution in [0.15, 0.2) is 48.5 Å². The van der Waals surface area contributed by atoms with Gasteiger partial charge in [0.1, 0.15) is 18.5 Å². The van der Waals surface area contributed by atoms with E-state index in [1.807, 2.05) is 30.3 Å². The number of rotatable bonds is 6. The van der Waals surface area contributed by atoms with Crippen LogP contribution >= 0.6 is 0 Å². The molecule has 0 spiro atoms. The number of anilines is 1. The Morgan fingerprint density at radius 1 is 1.05 bits per heavy atom. The van der Waals surface area contributed by atoms with Gasteiger partial charge in [-0.25, -0.2) is 0 Å². The highest BCUT2D eigenvalue weighted by Crippen LogP contribution is 2.14. The highest BCUT2D eigenvalue weighted by molar-refractivity contribution is 5.48. The molecule has 2 rings (SSSR count). The third-order valence-corrected chi connectivity index (χ3v) is 2.95. The van der Waals surface area contributed by atoms with Crippen LogP contribution in [0.2, 0.25) is 0 Å². The lowest BCUT2D eigenvalue weighted by molar-refractivity contribution is 0.117. The molecule has 20 heavy (non-hydrogen) atoms. The second-order valence-electron chi connectivity index (χ2n) is 5.04. The Labute approximate surface area is 120 Å². The molecule has 0 amide bonds. The zero-order chi connectivity index (χ0) is 14.4. The van der Waals surface area contributed by atoms with Crippen LogP contribution in [-0.2, 0) is 0 Å². The summed E-state index contributed by atoms with van der Waals surface area (Å²) in [5.41, 5.74) is 3.45. The van der Waals surface area contributed by atoms with Crippen LogP contribution in [0.3, 0.4) is 0 Å². The fourth-order valence-corrected chi connectivity index (χ4v) is 2.08. The predicted octanol–water partition coefficient (Wildman–Crippen LogP) is 3.16. The van der Waals surface area contributed by atoms with Crippen LogP contribution in [0.5, 0.6) is 5.75 Å². The van der Waals surface area contributed by atoms with Crippen molar-refractivity contribution in [1.29, 1.82) is 0 Å². The van der Waals surface area contributed by atoms with Gasteiger partial charge < -0.3 is 15.2 Å². The Bertz CT molecular complexity index is 520. The van der Waals surface area contributed by atoms with Gasteiger partial charge in [-0.2, -0.15) is 0 Å². The van der Waals surface area contributed by atoms with Crippen LogP contribution in [0.25, 0.3) is 0 Å². The first kappa shape index (κ1) is 14.4. The van der Waals surface area contributed by atoms with Gasteiger partial charge in [0, 0.05) is 12.2 Å². The molecule has 0 aliphatic rings. The number of ether oxygens (including phenoxy) is 1. The van der Waals surface area contributed by atoms with Gasteiger partial charge in [0.05, 0.1) is 0 Å². The maximum atomic E-state index is 9.92. The summed E-state index contributed by atoms with van der Waals surface area (Å²) in [4.78, 5) is 0. The van der Waals surface area contributed by atoms with Gasteiger partial charge in [-0.15, -0.1) is 0 Å². The molecule has 0 radical (unpaired) electrons. The molecule has 1 unspecified atom stereocenters. The molecular weight excluding hydrogens is 250 g/mol. The summed E-state index contributed by atoms with van der Waals surface area (Å²) in [5, 5.41) is 13.2. The van der Waals surface area contributed by atoms with Crippen molar-refractivity contribution in [2.24, 2.45) is 0 Å². The second kappa shape index (κ2) is 6.96. The van der Waals surface area contributed by atoms with Gasteiger partial charge in [-0.3, -0.25) is 0 Å². The Balaban J connectivity index is 1.78. The summed E-state index contributed by atoms with van der Waals surface area (Å²) in [6.45, 7) is 4.87. The van der Waals surface area contributed by atoms with E-state index in [2.05, 4.69) is 37.4 Å². The normalized spacial score (nSPS) is 11.9. The van der Waals surface area contributed by atoms with E-state index in [1.54, 1.807) is 0 Å². The molecule has 2 aromatic carbocycles. The summed E-state index contributed by atoms with van der Waals surface area (Å²) in [5.74, 6) is 0.776. The number of aliphatic hydroxyl groups is 1. The summed E-state index contributed by atoms with van der Waals surface area (Å²) in [7, 11) is 0. The first-order chi connectivity index (χ1) is 9.63. The van der Waals surface area contributed by atoms with Crippen molar-refractivity contribution in [3.05, 3.63) is 59.7 Å². The zero-order valence-corrected chi connectivity index (χ0v) is 12.0. The SMILES string of the molecule is Cc1cc(C)cc(NCC(O)COc2ccccc2)c1. The van der Waals surface area contributed by atoms with Crippen LogP contribution in [0.1, 0.15) is 11.1 Å². The Kier molecular flexibility index (Phi) is 5.02. The van der Waals surface area contributed by atoms with E-state index in [9.17, 15) is 5.11 Å². The molecule has 106 valence electrons. The predicted molar refractivity (Wildman–Crippen MR) is 82.3 cm³/mol. The van der Waals surface area contributed by atoms with E-state index in [4.69, 9.17) is 4.74 Å². The molecular formula is C17H21NO2. The number of benzene rings is 2. The minimum atomic E-state index is -0.545. The van der Waals surface area contributed by atoms with E-state index < -0.39 is 6.10 Å². The molecule has 2 aromatic rings. The molecule has 0 aliphatic carbocycles. The first-order valence-corrected chi connectivity index (χ1v) is 6.81. The number of nitrogens with one attached hydrogen (secondary N) is 1. The lowest BCUT2D eigenvalue weighted by Crippen LogP contribution is -2.26. The maximum absolute atomic E-state index is 9.92. The summed E-state index contributed by atoms with van der Waals surface area (Å²) in [6.07, 6.45) is -0.545. The zero-order valence-electron chi connectivity index (χ0n) is 12.0. The molecule has 0 saturated heterocycles. The molecule has 3 heteroatoms. The molecule has 0 aliphatic heterocycles. The molecule has 0 heterocycles. The van der Waals surface area contributed by atoms with Gasteiger partial charge in [-0.1, -0.05) is 24.3 Å². The van der Waals surface area contributed by atoms with E-state index in [-0.39, 0.29) is 6.61 Å². The van der Waals surface area contributed by atoms with Crippen molar-refractivity contribution < 1.29 is 9.84 Å². The minimum Gasteiger partial charge on any atom is -0.491 e. The molecule has 3 nitrogen and oxygen atoms in total. The first-order valence-electron chi connectivity index (χ1n) is 6.81. The Morgan fingerprint density at radius 2 is 1.70 bits per heavy atom. The number of aliphatic hydroxyl groups excluding tert-OH is 1. The fourth-order valence-electron chi connectivity index (χ4n) is 2.08. The average Bonchev–Trinajstić information content (AvgIpc) is 2.43. The van der Waals surface area contributed by atoms with Gasteiger partial charge in [0.2, 0.25) is 0 Å². The maximum Gasteiger partial charge on any atom is 0.119 e. The average molecular weight is 271 g/mol. The van der Waals surface area contributed by atoms with Gasteiger partial charge in [0.15, 0.2) is 0 Å².